The molecule has 1 atom stereocenters. The van der Waals surface area contributed by atoms with Gasteiger partial charge in [-0.3, -0.25) is 0 Å². The van der Waals surface area contributed by atoms with Crippen molar-refractivity contribution >= 4 is 34.8 Å². The number of rotatable bonds is 8. The lowest BCUT2D eigenvalue weighted by molar-refractivity contribution is 0.0615. The number of methoxy groups -OCH3 is 1. The summed E-state index contributed by atoms with van der Waals surface area (Å²) in [5, 5.41) is 16.6. The third-order valence-corrected chi connectivity index (χ3v) is 2.98. The van der Waals surface area contributed by atoms with E-state index in [2.05, 4.69) is 15.6 Å². The molecule has 0 radical (unpaired) electrons. The Morgan fingerprint density at radius 1 is 1.32 bits per heavy atom. The number of hydrogen-bond acceptors (Lipinski definition) is 5. The fourth-order valence-electron chi connectivity index (χ4n) is 1.51. The number of anilines is 2. The molecule has 7 heteroatoms. The molecule has 0 fully saturated rings. The highest BCUT2D eigenvalue weighted by atomic mass is 35.5. The van der Waals surface area contributed by atoms with Gasteiger partial charge < -0.3 is 20.5 Å². The molecule has 0 aliphatic rings. The Kier molecular flexibility index (Phi) is 7.23. The molecule has 0 spiro atoms. The normalized spacial score (nSPS) is 12.3. The molecule has 1 heterocycles. The number of pyridine rings is 1. The molecular formula is C12H19Cl2N3O2. The molecule has 0 aliphatic heterocycles. The molecule has 1 aromatic rings. The fourth-order valence-corrected chi connectivity index (χ4v) is 2.01. The minimum Gasteiger partial charge on any atom is -0.391 e. The van der Waals surface area contributed by atoms with Crippen molar-refractivity contribution in [2.45, 2.75) is 19.4 Å². The maximum Gasteiger partial charge on any atom is 0.147 e. The zero-order valence-corrected chi connectivity index (χ0v) is 12.6. The number of aliphatic hydroxyl groups is 1. The van der Waals surface area contributed by atoms with Crippen molar-refractivity contribution in [2.24, 2.45) is 0 Å². The largest absolute Gasteiger partial charge is 0.391 e. The van der Waals surface area contributed by atoms with Crippen LogP contribution in [0, 0.1) is 0 Å². The van der Waals surface area contributed by atoms with E-state index >= 15 is 0 Å². The van der Waals surface area contributed by atoms with Crippen LogP contribution in [0.25, 0.3) is 0 Å². The average Bonchev–Trinajstić information content (AvgIpc) is 2.35. The van der Waals surface area contributed by atoms with E-state index in [1.54, 1.807) is 13.2 Å². The van der Waals surface area contributed by atoms with Crippen molar-refractivity contribution in [3.05, 3.63) is 16.1 Å². The van der Waals surface area contributed by atoms with Gasteiger partial charge in [0.15, 0.2) is 0 Å². The first-order valence-corrected chi connectivity index (χ1v) is 6.84. The van der Waals surface area contributed by atoms with Gasteiger partial charge in [0.05, 0.1) is 22.8 Å². The molecule has 0 saturated carbocycles. The van der Waals surface area contributed by atoms with Crippen LogP contribution in [0.4, 0.5) is 11.6 Å². The van der Waals surface area contributed by atoms with Crippen LogP contribution >= 0.6 is 23.2 Å². The molecule has 1 rings (SSSR count). The smallest absolute Gasteiger partial charge is 0.147 e. The van der Waals surface area contributed by atoms with Crippen LogP contribution < -0.4 is 10.6 Å². The Morgan fingerprint density at radius 2 is 1.95 bits per heavy atom. The van der Waals surface area contributed by atoms with Gasteiger partial charge in [-0.1, -0.05) is 23.2 Å². The van der Waals surface area contributed by atoms with Gasteiger partial charge in [0.2, 0.25) is 0 Å². The number of aliphatic hydroxyl groups excluding tert-OH is 1. The van der Waals surface area contributed by atoms with Crippen LogP contribution in [0.5, 0.6) is 0 Å². The third-order valence-electron chi connectivity index (χ3n) is 2.40. The molecule has 0 aromatic carbocycles. The second kappa shape index (κ2) is 8.43. The van der Waals surface area contributed by atoms with Gasteiger partial charge in [-0.25, -0.2) is 4.98 Å². The maximum atomic E-state index is 9.53. The molecular weight excluding hydrogens is 289 g/mol. The first kappa shape index (κ1) is 16.3. The van der Waals surface area contributed by atoms with Crippen molar-refractivity contribution in [3.8, 4) is 0 Å². The highest BCUT2D eigenvalue weighted by Crippen LogP contribution is 2.29. The number of aromatic nitrogens is 1. The van der Waals surface area contributed by atoms with Crippen molar-refractivity contribution in [1.82, 2.24) is 4.98 Å². The lowest BCUT2D eigenvalue weighted by Crippen LogP contribution is -2.18. The molecule has 19 heavy (non-hydrogen) atoms. The zero-order chi connectivity index (χ0) is 14.3. The second-order valence-electron chi connectivity index (χ2n) is 4.00. The summed E-state index contributed by atoms with van der Waals surface area (Å²) >= 11 is 12.1. The Morgan fingerprint density at radius 3 is 2.53 bits per heavy atom. The van der Waals surface area contributed by atoms with Gasteiger partial charge in [0.1, 0.15) is 11.6 Å². The minimum absolute atomic E-state index is 0.312. The first-order chi connectivity index (χ1) is 9.08. The Hall–Kier alpha value is -0.750. The van der Waals surface area contributed by atoms with Crippen LogP contribution in [-0.2, 0) is 4.74 Å². The number of hydrogen-bond donors (Lipinski definition) is 3. The van der Waals surface area contributed by atoms with Crippen molar-refractivity contribution in [2.75, 3.05) is 37.4 Å². The maximum absolute atomic E-state index is 9.53. The molecule has 0 amide bonds. The predicted octanol–water partition coefficient (Wildman–Crippen LogP) is 2.63. The van der Waals surface area contributed by atoms with E-state index in [0.717, 1.165) is 6.54 Å². The van der Waals surface area contributed by atoms with Gasteiger partial charge in [-0.05, 0) is 19.4 Å². The van der Waals surface area contributed by atoms with E-state index in [0.29, 0.717) is 41.3 Å². The van der Waals surface area contributed by atoms with Crippen molar-refractivity contribution in [3.63, 3.8) is 0 Å². The van der Waals surface area contributed by atoms with Crippen LogP contribution in [-0.4, -0.2) is 43.0 Å². The monoisotopic (exact) mass is 307 g/mol. The van der Waals surface area contributed by atoms with E-state index in [9.17, 15) is 5.11 Å². The standard InChI is InChI=1S/C12H19Cl2N3O2/c1-3-15-11-9(13)6-10(14)12(17-11)16-5-4-8(18)7-19-2/h6,8,18H,3-5,7H2,1-2H3,(H2,15,16,17). The zero-order valence-electron chi connectivity index (χ0n) is 11.0. The summed E-state index contributed by atoms with van der Waals surface area (Å²) in [6.45, 7) is 3.54. The van der Waals surface area contributed by atoms with Crippen molar-refractivity contribution in [1.29, 1.82) is 0 Å². The quantitative estimate of drug-likeness (QED) is 0.689. The van der Waals surface area contributed by atoms with Crippen LogP contribution in [0.2, 0.25) is 10.0 Å². The molecule has 5 nitrogen and oxygen atoms in total. The topological polar surface area (TPSA) is 66.4 Å². The average molecular weight is 308 g/mol. The van der Waals surface area contributed by atoms with E-state index in [1.165, 1.54) is 0 Å². The lowest BCUT2D eigenvalue weighted by atomic mass is 10.2. The summed E-state index contributed by atoms with van der Waals surface area (Å²) < 4.78 is 4.85. The SMILES string of the molecule is CCNc1nc(NCCC(O)COC)c(Cl)cc1Cl. The van der Waals surface area contributed by atoms with E-state index in [1.807, 2.05) is 6.92 Å². The summed E-state index contributed by atoms with van der Waals surface area (Å²) in [7, 11) is 1.55. The van der Waals surface area contributed by atoms with Gasteiger partial charge in [-0.2, -0.15) is 0 Å². The Labute approximate surface area is 123 Å². The predicted molar refractivity (Wildman–Crippen MR) is 79.4 cm³/mol. The number of ether oxygens (including phenoxy) is 1. The lowest BCUT2D eigenvalue weighted by Gasteiger charge is -2.13. The molecule has 1 aromatic heterocycles. The number of nitrogens with one attached hydrogen (secondary N) is 2. The van der Waals surface area contributed by atoms with Gasteiger partial charge in [0, 0.05) is 20.2 Å². The molecule has 0 aliphatic carbocycles. The fraction of sp³-hybridized carbons (Fsp3) is 0.583. The minimum atomic E-state index is -0.503. The molecule has 0 bridgehead atoms. The molecule has 3 N–H and O–H groups in total. The van der Waals surface area contributed by atoms with Crippen LogP contribution in [0.1, 0.15) is 13.3 Å². The van der Waals surface area contributed by atoms with Gasteiger partial charge in [0.25, 0.3) is 0 Å². The number of halogens is 2. The summed E-state index contributed by atoms with van der Waals surface area (Å²) in [4.78, 5) is 4.31. The van der Waals surface area contributed by atoms with Crippen LogP contribution in [0.15, 0.2) is 6.07 Å². The van der Waals surface area contributed by atoms with Crippen LogP contribution in [0.3, 0.4) is 0 Å². The summed E-state index contributed by atoms with van der Waals surface area (Å²) in [6, 6.07) is 1.64. The molecule has 108 valence electrons. The summed E-state index contributed by atoms with van der Waals surface area (Å²) in [6.07, 6.45) is 0.0437. The molecule has 1 unspecified atom stereocenters. The Balaban J connectivity index is 2.59. The summed E-state index contributed by atoms with van der Waals surface area (Å²) in [5.41, 5.74) is 0. The molecule has 0 saturated heterocycles. The highest BCUT2D eigenvalue weighted by Gasteiger charge is 2.09. The number of nitrogens with zero attached hydrogens (tertiary/aromatic N) is 1. The summed E-state index contributed by atoms with van der Waals surface area (Å²) in [5.74, 6) is 1.14. The second-order valence-corrected chi connectivity index (χ2v) is 4.82. The first-order valence-electron chi connectivity index (χ1n) is 6.09. The third kappa shape index (κ3) is 5.40. The van der Waals surface area contributed by atoms with Crippen molar-refractivity contribution < 1.29 is 9.84 Å². The van der Waals surface area contributed by atoms with E-state index in [4.69, 9.17) is 27.9 Å². The Bertz CT molecular complexity index is 405. The highest BCUT2D eigenvalue weighted by molar-refractivity contribution is 6.37. The van der Waals surface area contributed by atoms with Gasteiger partial charge in [-0.15, -0.1) is 0 Å². The van der Waals surface area contributed by atoms with E-state index < -0.39 is 6.10 Å². The van der Waals surface area contributed by atoms with E-state index in [-0.39, 0.29) is 0 Å². The van der Waals surface area contributed by atoms with Gasteiger partial charge >= 0.3 is 0 Å².